The van der Waals surface area contributed by atoms with E-state index in [0.717, 1.165) is 16.3 Å². The highest BCUT2D eigenvalue weighted by molar-refractivity contribution is 7.98. The zero-order valence-corrected chi connectivity index (χ0v) is 9.02. The number of hydrogen-bond donors (Lipinski definition) is 1. The van der Waals surface area contributed by atoms with Crippen LogP contribution in [0.3, 0.4) is 0 Å². The first-order valence-corrected chi connectivity index (χ1v) is 6.06. The predicted molar refractivity (Wildman–Crippen MR) is 59.8 cm³/mol. The monoisotopic (exact) mass is 223 g/mol. The van der Waals surface area contributed by atoms with Gasteiger partial charge in [0.2, 0.25) is 0 Å². The van der Waals surface area contributed by atoms with Gasteiger partial charge in [-0.05, 0) is 18.2 Å². The minimum Gasteiger partial charge on any atom is -0.508 e. The maximum atomic E-state index is 9.24. The Hall–Kier alpha value is -1.00. The van der Waals surface area contributed by atoms with Crippen LogP contribution in [0.5, 0.6) is 5.75 Å². The van der Waals surface area contributed by atoms with E-state index < -0.39 is 0 Å². The van der Waals surface area contributed by atoms with Crippen molar-refractivity contribution >= 4 is 23.1 Å². The molecule has 72 valence electrons. The second-order valence-corrected chi connectivity index (χ2v) is 4.53. The van der Waals surface area contributed by atoms with Gasteiger partial charge >= 0.3 is 0 Å². The van der Waals surface area contributed by atoms with Gasteiger partial charge in [-0.1, -0.05) is 6.07 Å². The summed E-state index contributed by atoms with van der Waals surface area (Å²) in [7, 11) is 0. The molecule has 1 aromatic carbocycles. The van der Waals surface area contributed by atoms with Crippen molar-refractivity contribution in [2.24, 2.45) is 0 Å². The Balaban J connectivity index is 1.98. The molecule has 4 heteroatoms. The fourth-order valence-electron chi connectivity index (χ4n) is 1.04. The molecule has 0 amide bonds. The van der Waals surface area contributed by atoms with Crippen LogP contribution in [0.15, 0.2) is 40.1 Å². The molecule has 0 bridgehead atoms. The van der Waals surface area contributed by atoms with E-state index in [2.05, 4.69) is 4.98 Å². The standard InChI is InChI=1S/C10H9NOS2/c12-9-2-1-3-10(4-9)14-6-8-5-13-7-11-8/h1-5,7,12H,6H2. The van der Waals surface area contributed by atoms with E-state index in [9.17, 15) is 5.11 Å². The fourth-order valence-corrected chi connectivity index (χ4v) is 2.55. The number of nitrogens with zero attached hydrogens (tertiary/aromatic N) is 1. The number of benzene rings is 1. The molecule has 0 saturated heterocycles. The third-order valence-corrected chi connectivity index (χ3v) is 3.35. The smallest absolute Gasteiger partial charge is 0.116 e. The largest absolute Gasteiger partial charge is 0.508 e. The van der Waals surface area contributed by atoms with Crippen LogP contribution in [0, 0.1) is 0 Å². The average molecular weight is 223 g/mol. The molecule has 0 spiro atoms. The summed E-state index contributed by atoms with van der Waals surface area (Å²) in [6, 6.07) is 7.26. The summed E-state index contributed by atoms with van der Waals surface area (Å²) in [6.45, 7) is 0. The summed E-state index contributed by atoms with van der Waals surface area (Å²) in [5.74, 6) is 1.17. The van der Waals surface area contributed by atoms with E-state index in [4.69, 9.17) is 0 Å². The number of aromatic nitrogens is 1. The van der Waals surface area contributed by atoms with Gasteiger partial charge in [-0.15, -0.1) is 23.1 Å². The van der Waals surface area contributed by atoms with Crippen LogP contribution in [0.2, 0.25) is 0 Å². The van der Waals surface area contributed by atoms with Crippen LogP contribution < -0.4 is 0 Å². The lowest BCUT2D eigenvalue weighted by atomic mass is 10.3. The Labute approximate surface area is 90.6 Å². The summed E-state index contributed by atoms with van der Waals surface area (Å²) in [6.07, 6.45) is 0. The normalized spacial score (nSPS) is 10.3. The van der Waals surface area contributed by atoms with E-state index in [1.54, 1.807) is 35.2 Å². The summed E-state index contributed by atoms with van der Waals surface area (Å²) in [5.41, 5.74) is 2.92. The number of phenols is 1. The number of hydrogen-bond acceptors (Lipinski definition) is 4. The molecule has 0 aliphatic carbocycles. The molecule has 0 atom stereocenters. The number of rotatable bonds is 3. The molecule has 1 N–H and O–H groups in total. The third-order valence-electron chi connectivity index (χ3n) is 1.69. The Morgan fingerprint density at radius 1 is 1.43 bits per heavy atom. The summed E-state index contributed by atoms with van der Waals surface area (Å²) >= 11 is 3.28. The fraction of sp³-hybridized carbons (Fsp3) is 0.100. The number of thioether (sulfide) groups is 1. The van der Waals surface area contributed by atoms with E-state index in [-0.39, 0.29) is 0 Å². The maximum Gasteiger partial charge on any atom is 0.116 e. The van der Waals surface area contributed by atoms with Crippen LogP contribution in [0.4, 0.5) is 0 Å². The van der Waals surface area contributed by atoms with Crippen LogP contribution in [-0.2, 0) is 5.75 Å². The molecule has 1 heterocycles. The van der Waals surface area contributed by atoms with Crippen molar-refractivity contribution in [3.8, 4) is 5.75 Å². The summed E-state index contributed by atoms with van der Waals surface area (Å²) in [5, 5.41) is 11.3. The molecule has 0 aliphatic heterocycles. The van der Waals surface area contributed by atoms with E-state index in [1.165, 1.54) is 0 Å². The zero-order chi connectivity index (χ0) is 9.80. The van der Waals surface area contributed by atoms with Gasteiger partial charge in [-0.2, -0.15) is 0 Å². The minimum absolute atomic E-state index is 0.313. The quantitative estimate of drug-likeness (QED) is 0.811. The molecular formula is C10H9NOS2. The Bertz CT molecular complexity index is 400. The van der Waals surface area contributed by atoms with Crippen molar-refractivity contribution < 1.29 is 5.11 Å². The van der Waals surface area contributed by atoms with Crippen molar-refractivity contribution in [2.45, 2.75) is 10.6 Å². The molecule has 2 rings (SSSR count). The van der Waals surface area contributed by atoms with Crippen LogP contribution in [0.1, 0.15) is 5.69 Å². The maximum absolute atomic E-state index is 9.24. The highest BCUT2D eigenvalue weighted by Crippen LogP contribution is 2.25. The second kappa shape index (κ2) is 4.48. The summed E-state index contributed by atoms with van der Waals surface area (Å²) < 4.78 is 0. The highest BCUT2D eigenvalue weighted by Gasteiger charge is 1.98. The second-order valence-electron chi connectivity index (χ2n) is 2.77. The van der Waals surface area contributed by atoms with Crippen molar-refractivity contribution in [1.29, 1.82) is 0 Å². The van der Waals surface area contributed by atoms with Crippen molar-refractivity contribution in [2.75, 3.05) is 0 Å². The Morgan fingerprint density at radius 2 is 2.36 bits per heavy atom. The molecule has 0 radical (unpaired) electrons. The lowest BCUT2D eigenvalue weighted by molar-refractivity contribution is 0.474. The van der Waals surface area contributed by atoms with Gasteiger partial charge < -0.3 is 5.11 Å². The Morgan fingerprint density at radius 3 is 3.07 bits per heavy atom. The Kier molecular flexibility index (Phi) is 3.06. The van der Waals surface area contributed by atoms with Crippen LogP contribution in [-0.4, -0.2) is 10.1 Å². The van der Waals surface area contributed by atoms with Gasteiger partial charge in [0, 0.05) is 16.0 Å². The third kappa shape index (κ3) is 2.49. The van der Waals surface area contributed by atoms with Gasteiger partial charge in [0.1, 0.15) is 5.75 Å². The number of thiazole rings is 1. The zero-order valence-electron chi connectivity index (χ0n) is 7.38. The lowest BCUT2D eigenvalue weighted by Gasteiger charge is -1.99. The first-order valence-electron chi connectivity index (χ1n) is 4.13. The first-order chi connectivity index (χ1) is 6.84. The molecule has 1 aromatic heterocycles. The number of phenolic OH excluding ortho intramolecular Hbond substituents is 1. The average Bonchev–Trinajstić information content (AvgIpc) is 2.67. The molecule has 0 aliphatic rings. The minimum atomic E-state index is 0.313. The van der Waals surface area contributed by atoms with Gasteiger partial charge in [-0.25, -0.2) is 4.98 Å². The van der Waals surface area contributed by atoms with E-state index in [1.807, 2.05) is 23.0 Å². The molecule has 2 nitrogen and oxygen atoms in total. The van der Waals surface area contributed by atoms with Gasteiger partial charge in [0.05, 0.1) is 11.2 Å². The number of aromatic hydroxyl groups is 1. The highest BCUT2D eigenvalue weighted by atomic mass is 32.2. The predicted octanol–water partition coefficient (Wildman–Crippen LogP) is 3.14. The lowest BCUT2D eigenvalue weighted by Crippen LogP contribution is -1.78. The SMILES string of the molecule is Oc1cccc(SCc2cscn2)c1. The van der Waals surface area contributed by atoms with Crippen molar-refractivity contribution in [3.05, 3.63) is 40.8 Å². The topological polar surface area (TPSA) is 33.1 Å². The van der Waals surface area contributed by atoms with Crippen molar-refractivity contribution in [1.82, 2.24) is 4.98 Å². The summed E-state index contributed by atoms with van der Waals surface area (Å²) in [4.78, 5) is 5.26. The molecule has 0 unspecified atom stereocenters. The van der Waals surface area contributed by atoms with E-state index >= 15 is 0 Å². The van der Waals surface area contributed by atoms with Crippen LogP contribution in [0.25, 0.3) is 0 Å². The van der Waals surface area contributed by atoms with Gasteiger partial charge in [0.25, 0.3) is 0 Å². The molecule has 0 fully saturated rings. The molecule has 2 aromatic rings. The van der Waals surface area contributed by atoms with Gasteiger partial charge in [-0.3, -0.25) is 0 Å². The molecule has 14 heavy (non-hydrogen) atoms. The molecule has 0 saturated carbocycles. The van der Waals surface area contributed by atoms with Gasteiger partial charge in [0.15, 0.2) is 0 Å². The molecular weight excluding hydrogens is 214 g/mol. The first kappa shape index (κ1) is 9.55. The van der Waals surface area contributed by atoms with Crippen molar-refractivity contribution in [3.63, 3.8) is 0 Å². The van der Waals surface area contributed by atoms with Crippen LogP contribution >= 0.6 is 23.1 Å². The van der Waals surface area contributed by atoms with E-state index in [0.29, 0.717) is 5.75 Å².